The van der Waals surface area contributed by atoms with Gasteiger partial charge in [-0.05, 0) is 78.1 Å². The fourth-order valence-electron chi connectivity index (χ4n) is 4.07. The number of aliphatic hydroxyl groups excluding tert-OH is 1. The van der Waals surface area contributed by atoms with E-state index in [4.69, 9.17) is 9.84 Å². The second kappa shape index (κ2) is 10.9. The van der Waals surface area contributed by atoms with Crippen molar-refractivity contribution in [3.63, 3.8) is 0 Å². The molecule has 0 saturated carbocycles. The Kier molecular flexibility index (Phi) is 7.70. The molecular weight excluding hydrogens is 472 g/mol. The van der Waals surface area contributed by atoms with Gasteiger partial charge in [-0.15, -0.1) is 11.3 Å². The zero-order valence-electron chi connectivity index (χ0n) is 20.2. The van der Waals surface area contributed by atoms with Crippen LogP contribution in [0.5, 0.6) is 5.75 Å². The number of carboxylic acid groups (broad SMARTS) is 1. The van der Waals surface area contributed by atoms with Crippen molar-refractivity contribution in [2.24, 2.45) is 0 Å². The van der Waals surface area contributed by atoms with E-state index in [2.05, 4.69) is 48.8 Å². The summed E-state index contributed by atoms with van der Waals surface area (Å²) in [5.74, 6) is -0.611. The number of hydrogen-bond acceptors (Lipinski definition) is 6. The van der Waals surface area contributed by atoms with Crippen LogP contribution in [0.2, 0.25) is 0 Å². The summed E-state index contributed by atoms with van der Waals surface area (Å²) < 4.78 is 7.11. The third kappa shape index (κ3) is 6.10. The molecule has 0 fully saturated rings. The standard InChI is InChI=1S/C29H28N2O4S/c1-29(2,14-23-18-36-27-6-4-3-5-25(23)27)31-16-24(32)17-35-26-13-21(11-12-22(26)15-30)19-7-9-20(10-8-19)28(33)34/h3-13,18,24,31-32H,14,16-17H2,1-2H3,(H,33,34)/t24-/m0/s1. The smallest absolute Gasteiger partial charge is 0.335 e. The molecule has 0 amide bonds. The lowest BCUT2D eigenvalue weighted by molar-refractivity contribution is 0.0697. The van der Waals surface area contributed by atoms with Gasteiger partial charge in [0, 0.05) is 16.8 Å². The average molecular weight is 501 g/mol. The molecule has 0 spiro atoms. The minimum Gasteiger partial charge on any atom is -0.489 e. The highest BCUT2D eigenvalue weighted by Crippen LogP contribution is 2.29. The van der Waals surface area contributed by atoms with E-state index in [0.29, 0.717) is 17.9 Å². The highest BCUT2D eigenvalue weighted by molar-refractivity contribution is 7.17. The lowest BCUT2D eigenvalue weighted by Gasteiger charge is -2.28. The number of rotatable bonds is 10. The zero-order chi connectivity index (χ0) is 25.7. The predicted octanol–water partition coefficient (Wildman–Crippen LogP) is 5.49. The Morgan fingerprint density at radius 2 is 1.83 bits per heavy atom. The number of β-amino-alcohol motifs (C(OH)–C–C–N with tert-alkyl or cyclic N) is 1. The van der Waals surface area contributed by atoms with Crippen LogP contribution in [0, 0.1) is 11.3 Å². The van der Waals surface area contributed by atoms with Crippen LogP contribution in [0.3, 0.4) is 0 Å². The topological polar surface area (TPSA) is 103 Å². The summed E-state index contributed by atoms with van der Waals surface area (Å²) in [6.07, 6.45) is 0.0554. The summed E-state index contributed by atoms with van der Waals surface area (Å²) in [6.45, 7) is 4.59. The molecule has 0 saturated heterocycles. The Bertz CT molecular complexity index is 1400. The molecule has 0 unspecified atom stereocenters. The van der Waals surface area contributed by atoms with E-state index in [1.54, 1.807) is 41.7 Å². The maximum absolute atomic E-state index is 11.1. The quantitative estimate of drug-likeness (QED) is 0.266. The monoisotopic (exact) mass is 500 g/mol. The number of benzene rings is 3. The molecule has 0 aliphatic heterocycles. The van der Waals surface area contributed by atoms with Crippen LogP contribution in [0.1, 0.15) is 35.3 Å². The molecule has 3 N–H and O–H groups in total. The van der Waals surface area contributed by atoms with Crippen molar-refractivity contribution < 1.29 is 19.7 Å². The predicted molar refractivity (Wildman–Crippen MR) is 143 cm³/mol. The van der Waals surface area contributed by atoms with E-state index >= 15 is 0 Å². The second-order valence-electron chi connectivity index (χ2n) is 9.37. The van der Waals surface area contributed by atoms with Gasteiger partial charge < -0.3 is 20.3 Å². The van der Waals surface area contributed by atoms with Crippen LogP contribution < -0.4 is 10.1 Å². The van der Waals surface area contributed by atoms with Crippen molar-refractivity contribution in [3.8, 4) is 22.9 Å². The van der Waals surface area contributed by atoms with Gasteiger partial charge in [0.15, 0.2) is 0 Å². The summed E-state index contributed by atoms with van der Waals surface area (Å²) in [4.78, 5) is 11.1. The summed E-state index contributed by atoms with van der Waals surface area (Å²) in [6, 6.07) is 22.2. The molecule has 0 aliphatic rings. The van der Waals surface area contributed by atoms with Gasteiger partial charge >= 0.3 is 5.97 Å². The largest absolute Gasteiger partial charge is 0.489 e. The number of hydrogen-bond donors (Lipinski definition) is 3. The van der Waals surface area contributed by atoms with Gasteiger partial charge in [0.25, 0.3) is 0 Å². The van der Waals surface area contributed by atoms with E-state index < -0.39 is 12.1 Å². The van der Waals surface area contributed by atoms with Crippen molar-refractivity contribution in [1.82, 2.24) is 5.32 Å². The van der Waals surface area contributed by atoms with Gasteiger partial charge in [-0.3, -0.25) is 0 Å². The summed E-state index contributed by atoms with van der Waals surface area (Å²) in [5, 5.41) is 36.1. The first-order valence-corrected chi connectivity index (χ1v) is 12.5. The van der Waals surface area contributed by atoms with E-state index in [1.165, 1.54) is 27.8 Å². The molecule has 6 nitrogen and oxygen atoms in total. The first-order valence-electron chi connectivity index (χ1n) is 11.6. The van der Waals surface area contributed by atoms with Crippen LogP contribution >= 0.6 is 11.3 Å². The first-order chi connectivity index (χ1) is 17.3. The van der Waals surface area contributed by atoms with Crippen molar-refractivity contribution >= 4 is 27.4 Å². The minimum atomic E-state index is -0.986. The SMILES string of the molecule is CC(C)(Cc1csc2ccccc12)NC[C@H](O)COc1cc(-c2ccc(C(=O)O)cc2)ccc1C#N. The number of nitriles is 1. The summed E-state index contributed by atoms with van der Waals surface area (Å²) in [7, 11) is 0. The van der Waals surface area contributed by atoms with Crippen molar-refractivity contribution in [3.05, 3.63) is 88.8 Å². The van der Waals surface area contributed by atoms with Gasteiger partial charge in [0.1, 0.15) is 24.5 Å². The van der Waals surface area contributed by atoms with Crippen molar-refractivity contribution in [2.75, 3.05) is 13.2 Å². The van der Waals surface area contributed by atoms with Crippen LogP contribution in [0.4, 0.5) is 0 Å². The van der Waals surface area contributed by atoms with Crippen LogP contribution in [0.25, 0.3) is 21.2 Å². The van der Waals surface area contributed by atoms with Gasteiger partial charge in [0.2, 0.25) is 0 Å². The third-order valence-corrected chi connectivity index (χ3v) is 7.02. The number of carbonyl (C=O) groups is 1. The molecule has 184 valence electrons. The Labute approximate surface area is 214 Å². The normalized spacial score (nSPS) is 12.3. The third-order valence-electron chi connectivity index (χ3n) is 6.01. The van der Waals surface area contributed by atoms with Gasteiger partial charge in [-0.1, -0.05) is 36.4 Å². The van der Waals surface area contributed by atoms with Gasteiger partial charge in [-0.25, -0.2) is 4.79 Å². The number of carboxylic acids is 1. The molecule has 1 atom stereocenters. The summed E-state index contributed by atoms with van der Waals surface area (Å²) >= 11 is 1.74. The number of thiophene rings is 1. The zero-order valence-corrected chi connectivity index (χ0v) is 21.0. The number of ether oxygens (including phenoxy) is 1. The number of nitrogens with zero attached hydrogens (tertiary/aromatic N) is 1. The molecule has 1 heterocycles. The molecule has 36 heavy (non-hydrogen) atoms. The van der Waals surface area contributed by atoms with Gasteiger partial charge in [-0.2, -0.15) is 5.26 Å². The Balaban J connectivity index is 1.36. The maximum Gasteiger partial charge on any atom is 0.335 e. The first kappa shape index (κ1) is 25.4. The number of aliphatic hydroxyl groups is 1. The Morgan fingerprint density at radius 3 is 2.56 bits per heavy atom. The molecule has 0 radical (unpaired) electrons. The summed E-state index contributed by atoms with van der Waals surface area (Å²) in [5.41, 5.74) is 3.22. The number of aromatic carboxylic acids is 1. The van der Waals surface area contributed by atoms with Crippen LogP contribution in [0.15, 0.2) is 72.1 Å². The van der Waals surface area contributed by atoms with Crippen LogP contribution in [-0.2, 0) is 6.42 Å². The van der Waals surface area contributed by atoms with E-state index in [0.717, 1.165) is 17.5 Å². The highest BCUT2D eigenvalue weighted by atomic mass is 32.1. The fraction of sp³-hybridized carbons (Fsp3) is 0.241. The van der Waals surface area contributed by atoms with Crippen LogP contribution in [-0.4, -0.2) is 41.0 Å². The molecule has 4 aromatic rings. The molecule has 4 rings (SSSR count). The number of nitrogens with one attached hydrogen (secondary N) is 1. The van der Waals surface area contributed by atoms with Gasteiger partial charge in [0.05, 0.1) is 11.1 Å². The molecule has 3 aromatic carbocycles. The molecule has 0 aliphatic carbocycles. The molecule has 1 aromatic heterocycles. The molecule has 0 bridgehead atoms. The molecule has 7 heteroatoms. The van der Waals surface area contributed by atoms with E-state index in [9.17, 15) is 15.2 Å². The van der Waals surface area contributed by atoms with E-state index in [1.807, 2.05) is 6.07 Å². The number of fused-ring (bicyclic) bond motifs is 1. The van der Waals surface area contributed by atoms with Crippen molar-refractivity contribution in [1.29, 1.82) is 5.26 Å². The minimum absolute atomic E-state index is 0.0283. The Morgan fingerprint density at radius 1 is 1.11 bits per heavy atom. The fourth-order valence-corrected chi connectivity index (χ4v) is 5.03. The molecular formula is C29H28N2O4S. The highest BCUT2D eigenvalue weighted by Gasteiger charge is 2.21. The second-order valence-corrected chi connectivity index (χ2v) is 10.3. The van der Waals surface area contributed by atoms with Crippen molar-refractivity contribution in [2.45, 2.75) is 31.9 Å². The Hall–Kier alpha value is -3.70. The lowest BCUT2D eigenvalue weighted by Crippen LogP contribution is -2.46. The lowest BCUT2D eigenvalue weighted by atomic mass is 9.94. The average Bonchev–Trinajstić information content (AvgIpc) is 3.28. The maximum atomic E-state index is 11.1. The van der Waals surface area contributed by atoms with E-state index in [-0.39, 0.29) is 17.7 Å².